The van der Waals surface area contributed by atoms with Crippen molar-refractivity contribution in [2.75, 3.05) is 25.1 Å². The van der Waals surface area contributed by atoms with E-state index in [2.05, 4.69) is 0 Å². The summed E-state index contributed by atoms with van der Waals surface area (Å²) >= 11 is 0. The number of rotatable bonds is 4. The van der Waals surface area contributed by atoms with E-state index in [4.69, 9.17) is 9.88 Å². The summed E-state index contributed by atoms with van der Waals surface area (Å²) in [4.78, 5) is 14.2. The minimum absolute atomic E-state index is 0.0256. The number of hydrogen-bond acceptors (Lipinski definition) is 5. The number of aliphatic carboxylic acids is 1. The molecule has 1 aromatic rings. The number of nitrogens with zero attached hydrogens (tertiary/aromatic N) is 1. The fraction of sp³-hybridized carbons (Fsp3) is 0.562. The van der Waals surface area contributed by atoms with E-state index in [1.807, 2.05) is 4.90 Å². The van der Waals surface area contributed by atoms with Crippen molar-refractivity contribution in [3.8, 4) is 5.75 Å². The van der Waals surface area contributed by atoms with Crippen molar-refractivity contribution < 1.29 is 23.1 Å². The van der Waals surface area contributed by atoms with Gasteiger partial charge in [-0.1, -0.05) is 0 Å². The number of nitrogens with two attached hydrogens (primary N) is 1. The molecule has 3 rings (SSSR count). The van der Waals surface area contributed by atoms with Crippen LogP contribution in [0.1, 0.15) is 36.8 Å². The highest BCUT2D eigenvalue weighted by Gasteiger charge is 2.55. The van der Waals surface area contributed by atoms with Crippen molar-refractivity contribution in [3.05, 3.63) is 23.3 Å². The number of hydrogen-bond donors (Lipinski definition) is 2. The van der Waals surface area contributed by atoms with Crippen LogP contribution in [0.5, 0.6) is 5.75 Å². The van der Waals surface area contributed by atoms with Crippen molar-refractivity contribution in [1.29, 1.82) is 0 Å². The van der Waals surface area contributed by atoms with Gasteiger partial charge in [0.05, 0.1) is 7.11 Å². The fourth-order valence-electron chi connectivity index (χ4n) is 3.99. The highest BCUT2D eigenvalue weighted by molar-refractivity contribution is 7.90. The molecule has 1 fully saturated rings. The first-order valence-electron chi connectivity index (χ1n) is 8.04. The molecular weight excluding hydrogens is 332 g/mol. The number of carboxylic acid groups (broad SMARTS) is 1. The maximum Gasteiger partial charge on any atom is 0.331 e. The van der Waals surface area contributed by atoms with Crippen molar-refractivity contribution >= 4 is 21.7 Å². The Morgan fingerprint density at radius 1 is 1.29 bits per heavy atom. The second-order valence-electron chi connectivity index (χ2n) is 6.37. The monoisotopic (exact) mass is 354 g/mol. The Balaban J connectivity index is 2.36. The second kappa shape index (κ2) is 5.93. The molecule has 1 aliphatic heterocycles. The predicted octanol–water partition coefficient (Wildman–Crippen LogP) is 1.20. The normalized spacial score (nSPS) is 23.8. The smallest absolute Gasteiger partial charge is 0.331 e. The Hall–Kier alpha value is -1.80. The minimum Gasteiger partial charge on any atom is -0.496 e. The van der Waals surface area contributed by atoms with Gasteiger partial charge in [-0.05, 0) is 44.2 Å². The first-order valence-corrected chi connectivity index (χ1v) is 9.58. The summed E-state index contributed by atoms with van der Waals surface area (Å²) in [6.45, 7) is 1.55. The number of sulfonamides is 1. The summed E-state index contributed by atoms with van der Waals surface area (Å²) in [6.07, 6.45) is 2.97. The predicted molar refractivity (Wildman–Crippen MR) is 89.8 cm³/mol. The Morgan fingerprint density at radius 2 is 1.96 bits per heavy atom. The fourth-order valence-corrected chi connectivity index (χ4v) is 5.17. The maximum atomic E-state index is 12.4. The molecule has 1 unspecified atom stereocenters. The number of fused-ring (bicyclic) bond motifs is 1. The first-order chi connectivity index (χ1) is 11.3. The van der Waals surface area contributed by atoms with Crippen LogP contribution in [0, 0.1) is 0 Å². The van der Waals surface area contributed by atoms with Gasteiger partial charge in [-0.15, -0.1) is 0 Å². The maximum absolute atomic E-state index is 12.4. The molecule has 0 spiro atoms. The average molecular weight is 354 g/mol. The van der Waals surface area contributed by atoms with E-state index in [0.29, 0.717) is 35.4 Å². The van der Waals surface area contributed by atoms with E-state index in [-0.39, 0.29) is 6.42 Å². The molecule has 0 amide bonds. The van der Waals surface area contributed by atoms with E-state index in [9.17, 15) is 18.3 Å². The van der Waals surface area contributed by atoms with Crippen molar-refractivity contribution in [2.24, 2.45) is 5.14 Å². The topological polar surface area (TPSA) is 110 Å². The number of carboxylic acids is 1. The van der Waals surface area contributed by atoms with Crippen LogP contribution < -0.4 is 14.8 Å². The number of carbonyl (C=O) groups is 1. The van der Waals surface area contributed by atoms with Gasteiger partial charge in [0, 0.05) is 29.9 Å². The molecule has 1 aromatic carbocycles. The van der Waals surface area contributed by atoms with E-state index in [1.54, 1.807) is 12.1 Å². The van der Waals surface area contributed by atoms with Gasteiger partial charge < -0.3 is 14.7 Å². The molecule has 2 aliphatic rings. The number of primary sulfonamides is 1. The summed E-state index contributed by atoms with van der Waals surface area (Å²) in [7, 11) is -2.86. The Kier molecular flexibility index (Phi) is 4.21. The van der Waals surface area contributed by atoms with Crippen molar-refractivity contribution in [2.45, 2.75) is 36.9 Å². The lowest BCUT2D eigenvalue weighted by atomic mass is 9.80. The number of methoxy groups -OCH3 is 1. The first kappa shape index (κ1) is 17.0. The van der Waals surface area contributed by atoms with Crippen LogP contribution in [-0.4, -0.2) is 39.7 Å². The highest BCUT2D eigenvalue weighted by atomic mass is 32.2. The van der Waals surface area contributed by atoms with Gasteiger partial charge in [0.15, 0.2) is 0 Å². The number of benzene rings is 1. The molecule has 3 N–H and O–H groups in total. The van der Waals surface area contributed by atoms with E-state index < -0.39 is 20.7 Å². The Bertz CT molecular complexity index is 771. The Morgan fingerprint density at radius 3 is 2.50 bits per heavy atom. The zero-order chi connectivity index (χ0) is 17.5. The Labute approximate surface area is 141 Å². The molecule has 1 aliphatic carbocycles. The molecule has 0 aromatic heterocycles. The van der Waals surface area contributed by atoms with Crippen molar-refractivity contribution in [1.82, 2.24) is 0 Å². The van der Waals surface area contributed by atoms with Gasteiger partial charge in [0.25, 0.3) is 0 Å². The second-order valence-corrected chi connectivity index (χ2v) is 8.15. The lowest BCUT2D eigenvalue weighted by molar-refractivity contribution is -0.140. The lowest BCUT2D eigenvalue weighted by Gasteiger charge is -2.37. The molecule has 0 radical (unpaired) electrons. The van der Waals surface area contributed by atoms with Gasteiger partial charge in [0.1, 0.15) is 5.75 Å². The lowest BCUT2D eigenvalue weighted by Crippen LogP contribution is -2.50. The van der Waals surface area contributed by atoms with Crippen molar-refractivity contribution in [3.63, 3.8) is 0 Å². The standard InChI is InChI=1S/C16H22N2O5S/c1-23-13-7-6-12(18-9-2-3-10-18)14-11(13)5-4-8-16(14,15(19)20)24(17,21)22/h6-7H,2-5,8-10H2,1H3,(H,19,20)(H2,17,21,22). The third-order valence-corrected chi connectivity index (χ3v) is 6.66. The van der Waals surface area contributed by atoms with Crippen LogP contribution in [0.4, 0.5) is 5.69 Å². The van der Waals surface area contributed by atoms with Crippen LogP contribution in [0.2, 0.25) is 0 Å². The molecule has 132 valence electrons. The molecular formula is C16H22N2O5S. The summed E-state index contributed by atoms with van der Waals surface area (Å²) in [5, 5.41) is 15.3. The third kappa shape index (κ3) is 2.36. The van der Waals surface area contributed by atoms with E-state index in [0.717, 1.165) is 25.9 Å². The largest absolute Gasteiger partial charge is 0.496 e. The highest BCUT2D eigenvalue weighted by Crippen LogP contribution is 2.49. The molecule has 1 atom stereocenters. The van der Waals surface area contributed by atoms with Crippen LogP contribution >= 0.6 is 0 Å². The number of ether oxygens (including phenoxy) is 1. The summed E-state index contributed by atoms with van der Waals surface area (Å²) in [5.41, 5.74) is 1.59. The van der Waals surface area contributed by atoms with Crippen LogP contribution in [0.3, 0.4) is 0 Å². The molecule has 24 heavy (non-hydrogen) atoms. The van der Waals surface area contributed by atoms with Gasteiger partial charge in [-0.2, -0.15) is 0 Å². The van der Waals surface area contributed by atoms with Crippen LogP contribution in [0.25, 0.3) is 0 Å². The zero-order valence-electron chi connectivity index (χ0n) is 13.6. The third-order valence-electron chi connectivity index (χ3n) is 5.11. The van der Waals surface area contributed by atoms with Crippen LogP contribution in [0.15, 0.2) is 12.1 Å². The van der Waals surface area contributed by atoms with E-state index in [1.165, 1.54) is 7.11 Å². The average Bonchev–Trinajstić information content (AvgIpc) is 3.06. The van der Waals surface area contributed by atoms with Crippen LogP contribution in [-0.2, 0) is 26.0 Å². The zero-order valence-corrected chi connectivity index (χ0v) is 14.4. The molecule has 0 bridgehead atoms. The van der Waals surface area contributed by atoms with Gasteiger partial charge in [-0.25, -0.2) is 13.6 Å². The summed E-state index contributed by atoms with van der Waals surface area (Å²) in [6, 6.07) is 3.55. The quantitative estimate of drug-likeness (QED) is 0.841. The summed E-state index contributed by atoms with van der Waals surface area (Å²) in [5.74, 6) is -0.901. The number of anilines is 1. The summed E-state index contributed by atoms with van der Waals surface area (Å²) < 4.78 is 28.1. The minimum atomic E-state index is -4.36. The molecule has 7 nitrogen and oxygen atoms in total. The SMILES string of the molecule is COc1ccc(N2CCCC2)c2c1CCCC2(C(=O)O)S(N)(=O)=O. The van der Waals surface area contributed by atoms with Gasteiger partial charge >= 0.3 is 5.97 Å². The van der Waals surface area contributed by atoms with Gasteiger partial charge in [0.2, 0.25) is 14.8 Å². The molecule has 1 saturated heterocycles. The van der Waals surface area contributed by atoms with E-state index >= 15 is 0 Å². The molecule has 8 heteroatoms. The molecule has 1 heterocycles. The molecule has 0 saturated carbocycles. The van der Waals surface area contributed by atoms with Gasteiger partial charge in [-0.3, -0.25) is 4.79 Å².